The van der Waals surface area contributed by atoms with Gasteiger partial charge in [-0.15, -0.1) is 0 Å². The van der Waals surface area contributed by atoms with E-state index >= 15 is 0 Å². The summed E-state index contributed by atoms with van der Waals surface area (Å²) in [6.07, 6.45) is 1.40. The van der Waals surface area contributed by atoms with E-state index in [4.69, 9.17) is 0 Å². The smallest absolute Gasteiger partial charge is 0.252 e. The quantitative estimate of drug-likeness (QED) is 0.877. The number of thiophene rings is 1. The van der Waals surface area contributed by atoms with E-state index in [1.165, 1.54) is 16.9 Å². The fourth-order valence-corrected chi connectivity index (χ4v) is 3.87. The van der Waals surface area contributed by atoms with Gasteiger partial charge in [0.2, 0.25) is 5.91 Å². The number of rotatable bonds is 6. The molecule has 5 heteroatoms. The first-order valence-corrected chi connectivity index (χ1v) is 9.20. The van der Waals surface area contributed by atoms with Gasteiger partial charge in [-0.05, 0) is 29.9 Å². The summed E-state index contributed by atoms with van der Waals surface area (Å²) in [6.45, 7) is 3.98. The Morgan fingerprint density at radius 3 is 2.79 bits per heavy atom. The molecule has 2 amide bonds. The van der Waals surface area contributed by atoms with Gasteiger partial charge in [0.05, 0.1) is 5.56 Å². The van der Waals surface area contributed by atoms with Crippen molar-refractivity contribution in [1.82, 2.24) is 10.2 Å². The molecule has 126 valence electrons. The first kappa shape index (κ1) is 16.7. The molecule has 0 aliphatic carbocycles. The van der Waals surface area contributed by atoms with Gasteiger partial charge in [0.25, 0.3) is 5.91 Å². The lowest BCUT2D eigenvalue weighted by molar-refractivity contribution is -0.127. The Morgan fingerprint density at radius 1 is 1.29 bits per heavy atom. The van der Waals surface area contributed by atoms with Crippen molar-refractivity contribution in [1.29, 1.82) is 0 Å². The van der Waals surface area contributed by atoms with E-state index in [1.807, 2.05) is 40.8 Å². The first-order valence-electron chi connectivity index (χ1n) is 8.26. The highest BCUT2D eigenvalue weighted by Crippen LogP contribution is 2.18. The molecule has 1 atom stereocenters. The van der Waals surface area contributed by atoms with Crippen molar-refractivity contribution in [3.05, 3.63) is 57.8 Å². The molecule has 0 saturated carbocycles. The van der Waals surface area contributed by atoms with Gasteiger partial charge in [0.15, 0.2) is 0 Å². The van der Waals surface area contributed by atoms with Gasteiger partial charge >= 0.3 is 0 Å². The van der Waals surface area contributed by atoms with Crippen LogP contribution in [0, 0.1) is 12.8 Å². The molecule has 1 aliphatic rings. The molecule has 0 bridgehead atoms. The molecule has 1 saturated heterocycles. The summed E-state index contributed by atoms with van der Waals surface area (Å²) in [5.41, 5.74) is 2.99. The maximum absolute atomic E-state index is 12.2. The van der Waals surface area contributed by atoms with Crippen LogP contribution >= 0.6 is 11.3 Å². The number of amides is 2. The number of aryl methyl sites for hydroxylation is 1. The lowest BCUT2D eigenvalue weighted by Gasteiger charge is -2.17. The molecule has 3 rings (SSSR count). The molecule has 1 fully saturated rings. The second-order valence-corrected chi connectivity index (χ2v) is 7.07. The van der Waals surface area contributed by atoms with Gasteiger partial charge in [-0.1, -0.05) is 30.3 Å². The number of likely N-dealkylation sites (tertiary alicyclic amines) is 1. The lowest BCUT2D eigenvalue weighted by Crippen LogP contribution is -2.32. The van der Waals surface area contributed by atoms with Crippen molar-refractivity contribution >= 4 is 23.2 Å². The molecule has 0 radical (unpaired) electrons. The van der Waals surface area contributed by atoms with Crippen LogP contribution in [0.4, 0.5) is 0 Å². The van der Waals surface area contributed by atoms with Gasteiger partial charge in [0.1, 0.15) is 0 Å². The topological polar surface area (TPSA) is 49.4 Å². The Morgan fingerprint density at radius 2 is 2.08 bits per heavy atom. The monoisotopic (exact) mass is 342 g/mol. The van der Waals surface area contributed by atoms with Crippen LogP contribution in [0.3, 0.4) is 0 Å². The minimum absolute atomic E-state index is 0.0380. The highest BCUT2D eigenvalue weighted by Gasteiger charge is 2.29. The van der Waals surface area contributed by atoms with Crippen LogP contribution in [0.25, 0.3) is 0 Å². The third-order valence-electron chi connectivity index (χ3n) is 4.46. The minimum Gasteiger partial charge on any atom is -0.352 e. The summed E-state index contributed by atoms with van der Waals surface area (Å²) in [4.78, 5) is 26.2. The molecule has 1 N–H and O–H groups in total. The molecule has 0 unspecified atom stereocenters. The van der Waals surface area contributed by atoms with E-state index < -0.39 is 0 Å². The summed E-state index contributed by atoms with van der Waals surface area (Å²) in [5, 5.41) is 6.81. The molecule has 0 spiro atoms. The third-order valence-corrected chi connectivity index (χ3v) is 5.32. The Kier molecular flexibility index (Phi) is 5.30. The zero-order chi connectivity index (χ0) is 16.9. The number of carbonyl (C=O) groups excluding carboxylic acids is 2. The Hall–Kier alpha value is -2.14. The second kappa shape index (κ2) is 7.62. The van der Waals surface area contributed by atoms with Crippen molar-refractivity contribution in [2.24, 2.45) is 5.92 Å². The highest BCUT2D eigenvalue weighted by atomic mass is 32.1. The predicted molar refractivity (Wildman–Crippen MR) is 96.2 cm³/mol. The Bertz CT molecular complexity index is 711. The Balaban J connectivity index is 1.46. The summed E-state index contributed by atoms with van der Waals surface area (Å²) in [7, 11) is 0. The number of hydrogen-bond acceptors (Lipinski definition) is 3. The van der Waals surface area contributed by atoms with Crippen LogP contribution in [0.1, 0.15) is 27.9 Å². The van der Waals surface area contributed by atoms with E-state index in [-0.39, 0.29) is 17.7 Å². The SMILES string of the molecule is Cc1cscc1C(=O)NC[C@H]1CC(=O)N(CCc2ccccc2)C1. The van der Waals surface area contributed by atoms with Crippen LogP contribution in [-0.4, -0.2) is 36.3 Å². The zero-order valence-corrected chi connectivity index (χ0v) is 14.6. The van der Waals surface area contributed by atoms with Crippen LogP contribution in [0.5, 0.6) is 0 Å². The van der Waals surface area contributed by atoms with E-state index in [9.17, 15) is 9.59 Å². The van der Waals surface area contributed by atoms with Crippen LogP contribution in [0.15, 0.2) is 41.1 Å². The molecular weight excluding hydrogens is 320 g/mol. The van der Waals surface area contributed by atoms with Crippen molar-refractivity contribution in [2.75, 3.05) is 19.6 Å². The van der Waals surface area contributed by atoms with Gasteiger partial charge in [-0.3, -0.25) is 9.59 Å². The summed E-state index contributed by atoms with van der Waals surface area (Å²) in [5.74, 6) is 0.358. The fourth-order valence-electron chi connectivity index (χ4n) is 3.04. The maximum atomic E-state index is 12.2. The Labute approximate surface area is 146 Å². The van der Waals surface area contributed by atoms with Crippen molar-refractivity contribution in [3.63, 3.8) is 0 Å². The normalized spacial score (nSPS) is 17.3. The molecule has 4 nitrogen and oxygen atoms in total. The largest absolute Gasteiger partial charge is 0.352 e. The average Bonchev–Trinajstić information content (AvgIpc) is 3.17. The molecule has 1 aliphatic heterocycles. The van der Waals surface area contributed by atoms with Gasteiger partial charge < -0.3 is 10.2 Å². The van der Waals surface area contributed by atoms with Crippen LogP contribution < -0.4 is 5.32 Å². The molecular formula is C19H22N2O2S. The zero-order valence-electron chi connectivity index (χ0n) is 13.8. The molecule has 1 aromatic carbocycles. The standard InChI is InChI=1S/C19H22N2O2S/c1-14-12-24-13-17(14)19(23)20-10-16-9-18(22)21(11-16)8-7-15-5-3-2-4-6-15/h2-6,12-13,16H,7-11H2,1H3,(H,20,23)/t16-/m1/s1. The van der Waals surface area contributed by atoms with Crippen LogP contribution in [0.2, 0.25) is 0 Å². The minimum atomic E-state index is -0.0380. The van der Waals surface area contributed by atoms with E-state index in [0.717, 1.165) is 30.6 Å². The van der Waals surface area contributed by atoms with Gasteiger partial charge in [-0.2, -0.15) is 11.3 Å². The fraction of sp³-hybridized carbons (Fsp3) is 0.368. The van der Waals surface area contributed by atoms with Gasteiger partial charge in [-0.25, -0.2) is 0 Å². The average molecular weight is 342 g/mol. The third kappa shape index (κ3) is 4.03. The van der Waals surface area contributed by atoms with Crippen molar-refractivity contribution < 1.29 is 9.59 Å². The highest BCUT2D eigenvalue weighted by molar-refractivity contribution is 7.08. The molecule has 2 heterocycles. The number of hydrogen-bond donors (Lipinski definition) is 1. The van der Waals surface area contributed by atoms with E-state index in [1.54, 1.807) is 0 Å². The second-order valence-electron chi connectivity index (χ2n) is 6.32. The molecule has 2 aromatic rings. The predicted octanol–water partition coefficient (Wildman–Crippen LogP) is 2.88. The maximum Gasteiger partial charge on any atom is 0.252 e. The summed E-state index contributed by atoms with van der Waals surface area (Å²) < 4.78 is 0. The number of nitrogens with one attached hydrogen (secondary N) is 1. The first-order chi connectivity index (χ1) is 11.6. The summed E-state index contributed by atoms with van der Waals surface area (Å²) >= 11 is 1.53. The van der Waals surface area contributed by atoms with Crippen molar-refractivity contribution in [3.8, 4) is 0 Å². The number of carbonyl (C=O) groups is 2. The van der Waals surface area contributed by atoms with Crippen molar-refractivity contribution in [2.45, 2.75) is 19.8 Å². The van der Waals surface area contributed by atoms with Crippen LogP contribution in [-0.2, 0) is 11.2 Å². The number of nitrogens with zero attached hydrogens (tertiary/aromatic N) is 1. The van der Waals surface area contributed by atoms with Gasteiger partial charge in [0, 0.05) is 37.4 Å². The summed E-state index contributed by atoms with van der Waals surface area (Å²) in [6, 6.07) is 10.2. The molecule has 24 heavy (non-hydrogen) atoms. The van der Waals surface area contributed by atoms with E-state index in [2.05, 4.69) is 17.4 Å². The van der Waals surface area contributed by atoms with E-state index in [0.29, 0.717) is 13.0 Å². The molecule has 1 aromatic heterocycles. The lowest BCUT2D eigenvalue weighted by atomic mass is 10.1. The number of benzene rings is 1.